The van der Waals surface area contributed by atoms with Gasteiger partial charge in [-0.05, 0) is 15.9 Å². The molecule has 0 aromatic rings. The largest absolute Gasteiger partial charge is 0.359 e. The van der Waals surface area contributed by atoms with Crippen LogP contribution in [0.25, 0.3) is 0 Å². The minimum atomic E-state index is -3.80. The highest BCUT2D eigenvalue weighted by molar-refractivity contribution is 9.10. The monoisotopic (exact) mass is 178 g/mol. The van der Waals surface area contributed by atoms with Gasteiger partial charge >= 0.3 is 4.83 Å². The van der Waals surface area contributed by atoms with E-state index in [4.69, 9.17) is 5.11 Å². The van der Waals surface area contributed by atoms with Crippen molar-refractivity contribution >= 4 is 15.9 Å². The Morgan fingerprint density at radius 1 is 1.57 bits per heavy atom. The van der Waals surface area contributed by atoms with E-state index in [1.165, 1.54) is 0 Å². The standard InChI is InChI=1S/C2H2BrF3O/c3-2(5,6)1(4)7/h1,7H. The second-order valence-electron chi connectivity index (χ2n) is 0.877. The molecule has 0 aliphatic heterocycles. The summed E-state index contributed by atoms with van der Waals surface area (Å²) < 4.78 is 33.2. The first kappa shape index (κ1) is 7.23. The summed E-state index contributed by atoms with van der Waals surface area (Å²) in [5.74, 6) is 0. The Hall–Kier alpha value is 0.230. The van der Waals surface area contributed by atoms with E-state index in [9.17, 15) is 13.2 Å². The summed E-state index contributed by atoms with van der Waals surface area (Å²) in [6, 6.07) is 0. The van der Waals surface area contributed by atoms with Crippen molar-refractivity contribution in [1.82, 2.24) is 0 Å². The molecule has 0 amide bonds. The van der Waals surface area contributed by atoms with Crippen LogP contribution in [-0.4, -0.2) is 16.3 Å². The summed E-state index contributed by atoms with van der Waals surface area (Å²) in [7, 11) is 0. The molecule has 0 radical (unpaired) electrons. The first-order chi connectivity index (χ1) is 2.94. The lowest BCUT2D eigenvalue weighted by atomic mass is 10.7. The number of rotatable bonds is 1. The van der Waals surface area contributed by atoms with Crippen LogP contribution in [0.1, 0.15) is 0 Å². The third kappa shape index (κ3) is 2.87. The molecule has 0 heterocycles. The van der Waals surface area contributed by atoms with E-state index in [0.717, 1.165) is 0 Å². The minimum Gasteiger partial charge on any atom is -0.359 e. The van der Waals surface area contributed by atoms with Gasteiger partial charge in [0.25, 0.3) is 6.36 Å². The smallest absolute Gasteiger partial charge is 0.355 e. The molecule has 0 saturated heterocycles. The Labute approximate surface area is 46.3 Å². The molecule has 0 aliphatic carbocycles. The maximum atomic E-state index is 11.1. The van der Waals surface area contributed by atoms with Crippen LogP contribution in [0.3, 0.4) is 0 Å². The molecule has 1 atom stereocenters. The molecule has 0 spiro atoms. The van der Waals surface area contributed by atoms with E-state index < -0.39 is 11.2 Å². The van der Waals surface area contributed by atoms with Gasteiger partial charge in [-0.2, -0.15) is 8.78 Å². The second-order valence-corrected chi connectivity index (χ2v) is 1.93. The molecule has 0 aromatic heterocycles. The lowest BCUT2D eigenvalue weighted by Crippen LogP contribution is -2.20. The fourth-order valence-corrected chi connectivity index (χ4v) is 0. The lowest BCUT2D eigenvalue weighted by Gasteiger charge is -2.05. The molecule has 1 N–H and O–H groups in total. The predicted molar refractivity (Wildman–Crippen MR) is 21.0 cm³/mol. The molecule has 1 nitrogen and oxygen atoms in total. The number of aliphatic hydroxyl groups is 1. The molecule has 44 valence electrons. The maximum absolute atomic E-state index is 11.1. The molecule has 0 bridgehead atoms. The predicted octanol–water partition coefficient (Wildman–Crippen LogP) is 1.26. The normalized spacial score (nSPS) is 16.7. The second kappa shape index (κ2) is 2.00. The van der Waals surface area contributed by atoms with Gasteiger partial charge in [0.1, 0.15) is 0 Å². The fourth-order valence-electron chi connectivity index (χ4n) is 0. The van der Waals surface area contributed by atoms with Crippen LogP contribution in [0, 0.1) is 0 Å². The van der Waals surface area contributed by atoms with Crippen molar-refractivity contribution in [2.75, 3.05) is 0 Å². The third-order valence-electron chi connectivity index (χ3n) is 0.270. The highest BCUT2D eigenvalue weighted by Gasteiger charge is 2.34. The fraction of sp³-hybridized carbons (Fsp3) is 1.00. The quantitative estimate of drug-likeness (QED) is 0.600. The summed E-state index contributed by atoms with van der Waals surface area (Å²) >= 11 is 1.58. The Morgan fingerprint density at radius 2 is 1.71 bits per heavy atom. The molecule has 0 rings (SSSR count). The molecule has 0 saturated carbocycles. The molecular formula is C2H2BrF3O. The van der Waals surface area contributed by atoms with Gasteiger partial charge in [0.2, 0.25) is 0 Å². The van der Waals surface area contributed by atoms with Gasteiger partial charge < -0.3 is 5.11 Å². The average Bonchev–Trinajstić information content (AvgIpc) is 1.31. The van der Waals surface area contributed by atoms with E-state index in [-0.39, 0.29) is 0 Å². The van der Waals surface area contributed by atoms with Crippen LogP contribution in [0.15, 0.2) is 0 Å². The van der Waals surface area contributed by atoms with Crippen molar-refractivity contribution in [2.24, 2.45) is 0 Å². The first-order valence-corrected chi connectivity index (χ1v) is 2.13. The van der Waals surface area contributed by atoms with Crippen molar-refractivity contribution in [3.8, 4) is 0 Å². The SMILES string of the molecule is OC(F)C(F)(F)Br. The van der Waals surface area contributed by atoms with Gasteiger partial charge in [0.05, 0.1) is 0 Å². The molecule has 1 unspecified atom stereocenters. The van der Waals surface area contributed by atoms with Crippen LogP contribution in [-0.2, 0) is 0 Å². The average molecular weight is 179 g/mol. The number of aliphatic hydroxyl groups excluding tert-OH is 1. The Morgan fingerprint density at radius 3 is 1.71 bits per heavy atom. The van der Waals surface area contributed by atoms with Crippen molar-refractivity contribution < 1.29 is 18.3 Å². The summed E-state index contributed by atoms with van der Waals surface area (Å²) in [6.07, 6.45) is -3.12. The van der Waals surface area contributed by atoms with Gasteiger partial charge in [-0.3, -0.25) is 0 Å². The number of alkyl halides is 4. The zero-order chi connectivity index (χ0) is 6.08. The highest BCUT2D eigenvalue weighted by Crippen LogP contribution is 2.26. The van der Waals surface area contributed by atoms with Crippen molar-refractivity contribution in [3.63, 3.8) is 0 Å². The molecule has 0 aliphatic rings. The van der Waals surface area contributed by atoms with Crippen molar-refractivity contribution in [1.29, 1.82) is 0 Å². The molecule has 0 aromatic carbocycles. The number of hydrogen-bond acceptors (Lipinski definition) is 1. The first-order valence-electron chi connectivity index (χ1n) is 1.33. The van der Waals surface area contributed by atoms with Crippen LogP contribution in [0.2, 0.25) is 0 Å². The van der Waals surface area contributed by atoms with E-state index in [0.29, 0.717) is 0 Å². The zero-order valence-corrected chi connectivity index (χ0v) is 4.62. The van der Waals surface area contributed by atoms with E-state index in [1.54, 1.807) is 15.9 Å². The number of hydrogen-bond donors (Lipinski definition) is 1. The molecule has 5 heteroatoms. The highest BCUT2D eigenvalue weighted by atomic mass is 79.9. The van der Waals surface area contributed by atoms with Crippen molar-refractivity contribution in [2.45, 2.75) is 11.2 Å². The maximum Gasteiger partial charge on any atom is 0.355 e. The zero-order valence-electron chi connectivity index (χ0n) is 3.04. The topological polar surface area (TPSA) is 20.2 Å². The summed E-state index contributed by atoms with van der Waals surface area (Å²) in [5, 5.41) is 7.43. The number of halogens is 4. The Balaban J connectivity index is 3.54. The molecule has 7 heavy (non-hydrogen) atoms. The Bertz CT molecular complexity index is 58.4. The van der Waals surface area contributed by atoms with Gasteiger partial charge in [-0.15, -0.1) is 0 Å². The van der Waals surface area contributed by atoms with E-state index in [2.05, 4.69) is 0 Å². The van der Waals surface area contributed by atoms with E-state index >= 15 is 0 Å². The van der Waals surface area contributed by atoms with Gasteiger partial charge in [-0.1, -0.05) is 0 Å². The van der Waals surface area contributed by atoms with Gasteiger partial charge in [-0.25, -0.2) is 4.39 Å². The third-order valence-corrected chi connectivity index (χ3v) is 0.648. The van der Waals surface area contributed by atoms with Crippen LogP contribution >= 0.6 is 15.9 Å². The molecule has 0 fully saturated rings. The summed E-state index contributed by atoms with van der Waals surface area (Å²) in [5.41, 5.74) is 0. The summed E-state index contributed by atoms with van der Waals surface area (Å²) in [4.78, 5) is -3.80. The van der Waals surface area contributed by atoms with Crippen LogP contribution < -0.4 is 0 Å². The Kier molecular flexibility index (Phi) is 2.07. The van der Waals surface area contributed by atoms with Crippen LogP contribution in [0.4, 0.5) is 13.2 Å². The van der Waals surface area contributed by atoms with Gasteiger partial charge in [0, 0.05) is 0 Å². The van der Waals surface area contributed by atoms with Crippen molar-refractivity contribution in [3.05, 3.63) is 0 Å². The van der Waals surface area contributed by atoms with Crippen LogP contribution in [0.5, 0.6) is 0 Å². The summed E-state index contributed by atoms with van der Waals surface area (Å²) in [6.45, 7) is 0. The molecular weight excluding hydrogens is 177 g/mol. The van der Waals surface area contributed by atoms with Gasteiger partial charge in [0.15, 0.2) is 0 Å². The minimum absolute atomic E-state index is 1.58. The lowest BCUT2D eigenvalue weighted by molar-refractivity contribution is -0.103. The van der Waals surface area contributed by atoms with E-state index in [1.807, 2.05) is 0 Å².